The number of hydrogen-bond donors (Lipinski definition) is 2. The molecule has 0 saturated carbocycles. The zero-order valence-corrected chi connectivity index (χ0v) is 16.1. The summed E-state index contributed by atoms with van der Waals surface area (Å²) in [6.45, 7) is 0.727. The Bertz CT molecular complexity index is 955. The van der Waals surface area contributed by atoms with Crippen LogP contribution in [-0.2, 0) is 20.1 Å². The number of urea groups is 1. The van der Waals surface area contributed by atoms with Crippen LogP contribution in [0.15, 0.2) is 48.9 Å². The molecule has 2 aromatic heterocycles. The number of pyridine rings is 1. The lowest BCUT2D eigenvalue weighted by atomic mass is 10.1. The Labute approximate surface area is 163 Å². The number of benzene rings is 1. The van der Waals surface area contributed by atoms with Crippen LogP contribution in [0.25, 0.3) is 11.3 Å². The minimum Gasteiger partial charge on any atom is -0.493 e. The molecule has 0 bridgehead atoms. The summed E-state index contributed by atoms with van der Waals surface area (Å²) in [5.74, 6) is 1.27. The molecule has 1 aromatic carbocycles. The third-order valence-electron chi connectivity index (χ3n) is 4.21. The SMILES string of the molecule is COc1ccc(CNC(=O)NCc2cccnc2-c2cnn(C)c2)cc1OC. The lowest BCUT2D eigenvalue weighted by molar-refractivity contribution is 0.240. The van der Waals surface area contributed by atoms with Gasteiger partial charge in [-0.15, -0.1) is 0 Å². The molecular formula is C20H23N5O3. The monoisotopic (exact) mass is 381 g/mol. The van der Waals surface area contributed by atoms with Crippen molar-refractivity contribution in [3.8, 4) is 22.8 Å². The first-order chi connectivity index (χ1) is 13.6. The van der Waals surface area contributed by atoms with Crippen LogP contribution in [-0.4, -0.2) is 35.0 Å². The predicted molar refractivity (Wildman–Crippen MR) is 105 cm³/mol. The molecule has 2 heterocycles. The van der Waals surface area contributed by atoms with E-state index in [0.717, 1.165) is 22.4 Å². The van der Waals surface area contributed by atoms with Gasteiger partial charge in [0.1, 0.15) is 0 Å². The third-order valence-corrected chi connectivity index (χ3v) is 4.21. The zero-order valence-electron chi connectivity index (χ0n) is 16.1. The Balaban J connectivity index is 1.58. The van der Waals surface area contributed by atoms with Crippen molar-refractivity contribution in [2.45, 2.75) is 13.1 Å². The number of rotatable bonds is 7. The quantitative estimate of drug-likeness (QED) is 0.656. The summed E-state index contributed by atoms with van der Waals surface area (Å²) in [6.07, 6.45) is 5.37. The molecule has 2 amide bonds. The van der Waals surface area contributed by atoms with Crippen LogP contribution in [0, 0.1) is 0 Å². The second-order valence-corrected chi connectivity index (χ2v) is 6.14. The highest BCUT2D eigenvalue weighted by Crippen LogP contribution is 2.27. The first-order valence-electron chi connectivity index (χ1n) is 8.76. The summed E-state index contributed by atoms with van der Waals surface area (Å²) >= 11 is 0. The molecule has 3 aromatic rings. The van der Waals surface area contributed by atoms with Gasteiger partial charge in [0.25, 0.3) is 0 Å². The van der Waals surface area contributed by atoms with Gasteiger partial charge in [-0.05, 0) is 29.3 Å². The molecule has 0 unspecified atom stereocenters. The fraction of sp³-hybridized carbons (Fsp3) is 0.250. The van der Waals surface area contributed by atoms with Crippen molar-refractivity contribution >= 4 is 6.03 Å². The van der Waals surface area contributed by atoms with Gasteiger partial charge in [0.15, 0.2) is 11.5 Å². The van der Waals surface area contributed by atoms with Crippen molar-refractivity contribution in [3.05, 3.63) is 60.0 Å². The Hall–Kier alpha value is -3.55. The first kappa shape index (κ1) is 19.2. The predicted octanol–water partition coefficient (Wildman–Crippen LogP) is 2.50. The van der Waals surface area contributed by atoms with Gasteiger partial charge in [0.2, 0.25) is 0 Å². The number of methoxy groups -OCH3 is 2. The molecule has 0 fully saturated rings. The Kier molecular flexibility index (Phi) is 6.11. The molecule has 0 spiro atoms. The fourth-order valence-corrected chi connectivity index (χ4v) is 2.80. The normalized spacial score (nSPS) is 10.4. The Morgan fingerprint density at radius 3 is 2.61 bits per heavy atom. The summed E-state index contributed by atoms with van der Waals surface area (Å²) in [4.78, 5) is 16.6. The van der Waals surface area contributed by atoms with Gasteiger partial charge < -0.3 is 20.1 Å². The number of nitrogens with one attached hydrogen (secondary N) is 2. The molecule has 0 aliphatic heterocycles. The molecule has 0 atom stereocenters. The molecule has 3 rings (SSSR count). The average Bonchev–Trinajstić information content (AvgIpc) is 3.16. The highest BCUT2D eigenvalue weighted by atomic mass is 16.5. The van der Waals surface area contributed by atoms with E-state index in [1.807, 2.05) is 43.6 Å². The maximum atomic E-state index is 12.2. The van der Waals surface area contributed by atoms with E-state index in [-0.39, 0.29) is 6.03 Å². The van der Waals surface area contributed by atoms with E-state index >= 15 is 0 Å². The third kappa shape index (κ3) is 4.59. The number of carbonyl (C=O) groups is 1. The van der Waals surface area contributed by atoms with E-state index in [1.165, 1.54) is 0 Å². The molecule has 2 N–H and O–H groups in total. The minimum atomic E-state index is -0.268. The molecule has 0 saturated heterocycles. The summed E-state index contributed by atoms with van der Waals surface area (Å²) < 4.78 is 12.2. The summed E-state index contributed by atoms with van der Waals surface area (Å²) in [6, 6.07) is 9.03. The summed E-state index contributed by atoms with van der Waals surface area (Å²) in [7, 11) is 5.02. The van der Waals surface area contributed by atoms with Crippen molar-refractivity contribution in [1.29, 1.82) is 0 Å². The lowest BCUT2D eigenvalue weighted by Gasteiger charge is -2.12. The Morgan fingerprint density at radius 1 is 1.11 bits per heavy atom. The van der Waals surface area contributed by atoms with Crippen molar-refractivity contribution in [1.82, 2.24) is 25.4 Å². The van der Waals surface area contributed by atoms with Crippen LogP contribution >= 0.6 is 0 Å². The molecular weight excluding hydrogens is 358 g/mol. The van der Waals surface area contributed by atoms with Crippen molar-refractivity contribution in [2.24, 2.45) is 7.05 Å². The smallest absolute Gasteiger partial charge is 0.315 e. The lowest BCUT2D eigenvalue weighted by Crippen LogP contribution is -2.34. The number of carbonyl (C=O) groups excluding carboxylic acids is 1. The zero-order chi connectivity index (χ0) is 19.9. The van der Waals surface area contributed by atoms with Crippen LogP contribution in [0.1, 0.15) is 11.1 Å². The van der Waals surface area contributed by atoms with Crippen LogP contribution in [0.3, 0.4) is 0 Å². The number of hydrogen-bond acceptors (Lipinski definition) is 5. The van der Waals surface area contributed by atoms with Crippen LogP contribution in [0.5, 0.6) is 11.5 Å². The highest BCUT2D eigenvalue weighted by molar-refractivity contribution is 5.74. The van der Waals surface area contributed by atoms with E-state index in [1.54, 1.807) is 31.3 Å². The summed E-state index contributed by atoms with van der Waals surface area (Å²) in [5, 5.41) is 9.88. The molecule has 0 aliphatic rings. The maximum absolute atomic E-state index is 12.2. The molecule has 8 nitrogen and oxygen atoms in total. The molecule has 0 aliphatic carbocycles. The van der Waals surface area contributed by atoms with Gasteiger partial charge in [0, 0.05) is 38.1 Å². The topological polar surface area (TPSA) is 90.3 Å². The Morgan fingerprint density at radius 2 is 1.89 bits per heavy atom. The van der Waals surface area contributed by atoms with Gasteiger partial charge in [-0.2, -0.15) is 5.10 Å². The molecule has 0 radical (unpaired) electrons. The number of nitrogens with zero attached hydrogens (tertiary/aromatic N) is 3. The van der Waals surface area contributed by atoms with E-state index in [9.17, 15) is 4.79 Å². The second kappa shape index (κ2) is 8.90. The largest absolute Gasteiger partial charge is 0.493 e. The van der Waals surface area contributed by atoms with Crippen molar-refractivity contribution < 1.29 is 14.3 Å². The van der Waals surface area contributed by atoms with Gasteiger partial charge in [-0.1, -0.05) is 12.1 Å². The van der Waals surface area contributed by atoms with Gasteiger partial charge in [-0.3, -0.25) is 9.67 Å². The number of ether oxygens (including phenoxy) is 2. The van der Waals surface area contributed by atoms with Gasteiger partial charge >= 0.3 is 6.03 Å². The average molecular weight is 381 g/mol. The van der Waals surface area contributed by atoms with E-state index in [0.29, 0.717) is 24.6 Å². The number of aromatic nitrogens is 3. The molecule has 8 heteroatoms. The number of amides is 2. The molecule has 28 heavy (non-hydrogen) atoms. The van der Waals surface area contributed by atoms with Crippen LogP contribution in [0.2, 0.25) is 0 Å². The van der Waals surface area contributed by atoms with E-state index < -0.39 is 0 Å². The molecule has 146 valence electrons. The first-order valence-corrected chi connectivity index (χ1v) is 8.76. The van der Waals surface area contributed by atoms with Crippen molar-refractivity contribution in [3.63, 3.8) is 0 Å². The van der Waals surface area contributed by atoms with Gasteiger partial charge in [-0.25, -0.2) is 4.79 Å². The fourth-order valence-electron chi connectivity index (χ4n) is 2.80. The van der Waals surface area contributed by atoms with Gasteiger partial charge in [0.05, 0.1) is 26.1 Å². The van der Waals surface area contributed by atoms with E-state index in [4.69, 9.17) is 9.47 Å². The maximum Gasteiger partial charge on any atom is 0.315 e. The van der Waals surface area contributed by atoms with Crippen LogP contribution in [0.4, 0.5) is 4.79 Å². The standard InChI is InChI=1S/C20H23N5O3/c1-25-13-16(12-24-25)19-15(5-4-8-21-19)11-23-20(26)22-10-14-6-7-17(27-2)18(9-14)28-3/h4-9,12-13H,10-11H2,1-3H3,(H2,22,23,26). The number of aryl methyl sites for hydroxylation is 1. The summed E-state index contributed by atoms with van der Waals surface area (Å²) in [5.41, 5.74) is 3.53. The van der Waals surface area contributed by atoms with Crippen molar-refractivity contribution in [2.75, 3.05) is 14.2 Å². The minimum absolute atomic E-state index is 0.268. The van der Waals surface area contributed by atoms with Crippen LogP contribution < -0.4 is 20.1 Å². The second-order valence-electron chi connectivity index (χ2n) is 6.14. The van der Waals surface area contributed by atoms with E-state index in [2.05, 4.69) is 20.7 Å². The highest BCUT2D eigenvalue weighted by Gasteiger charge is 2.10.